The number of carbonyl (C=O) groups excluding carboxylic acids is 2. The van der Waals surface area contributed by atoms with Gasteiger partial charge in [0.25, 0.3) is 5.91 Å². The Balaban J connectivity index is 1.44. The van der Waals surface area contributed by atoms with Gasteiger partial charge in [0, 0.05) is 53.5 Å². The van der Waals surface area contributed by atoms with E-state index in [1.165, 1.54) is 6.20 Å². The molecule has 2 aromatic heterocycles. The van der Waals surface area contributed by atoms with Gasteiger partial charge in [0.2, 0.25) is 0 Å². The van der Waals surface area contributed by atoms with Gasteiger partial charge in [-0.3, -0.25) is 4.79 Å². The van der Waals surface area contributed by atoms with Crippen molar-refractivity contribution in [2.75, 3.05) is 18.4 Å². The van der Waals surface area contributed by atoms with Crippen LogP contribution < -0.4 is 16.4 Å². The lowest BCUT2D eigenvalue weighted by Gasteiger charge is -2.34. The summed E-state index contributed by atoms with van der Waals surface area (Å²) in [6, 6.07) is 6.84. The fourth-order valence-electron chi connectivity index (χ4n) is 3.84. The van der Waals surface area contributed by atoms with E-state index in [2.05, 4.69) is 20.6 Å². The number of piperidine rings is 1. The molecule has 1 atom stereocenters. The van der Waals surface area contributed by atoms with E-state index in [-0.39, 0.29) is 12.1 Å². The number of amides is 3. The normalized spacial score (nSPS) is 16.3. The molecule has 162 valence electrons. The number of anilines is 1. The molecule has 1 aliphatic rings. The highest BCUT2D eigenvalue weighted by Crippen LogP contribution is 2.27. The summed E-state index contributed by atoms with van der Waals surface area (Å²) < 4.78 is 0. The van der Waals surface area contributed by atoms with E-state index in [9.17, 15) is 9.59 Å². The quantitative estimate of drug-likeness (QED) is 0.463. The Labute approximate surface area is 189 Å². The Morgan fingerprint density at radius 3 is 2.77 bits per heavy atom. The highest BCUT2D eigenvalue weighted by atomic mass is 35.5. The van der Waals surface area contributed by atoms with Crippen molar-refractivity contribution in [2.45, 2.75) is 25.4 Å². The number of aromatic nitrogens is 2. The van der Waals surface area contributed by atoms with Gasteiger partial charge in [-0.25, -0.2) is 9.78 Å². The third-order valence-corrected chi connectivity index (χ3v) is 5.71. The monoisotopic (exact) mass is 460 g/mol. The number of benzene rings is 1. The van der Waals surface area contributed by atoms with Crippen LogP contribution in [0.2, 0.25) is 10.0 Å². The number of fused-ring (bicyclic) bond motifs is 1. The predicted molar refractivity (Wildman–Crippen MR) is 122 cm³/mol. The number of likely N-dealkylation sites (tertiary alicyclic amines) is 1. The van der Waals surface area contributed by atoms with Gasteiger partial charge in [0.1, 0.15) is 5.65 Å². The summed E-state index contributed by atoms with van der Waals surface area (Å²) in [5, 5.41) is 8.17. The van der Waals surface area contributed by atoms with E-state index in [4.69, 9.17) is 28.9 Å². The lowest BCUT2D eigenvalue weighted by molar-refractivity contribution is 0.100. The Kier molecular flexibility index (Phi) is 6.20. The van der Waals surface area contributed by atoms with Gasteiger partial charge in [0.05, 0.1) is 11.3 Å². The fourth-order valence-corrected chi connectivity index (χ4v) is 4.41. The van der Waals surface area contributed by atoms with Crippen LogP contribution in [0, 0.1) is 0 Å². The maximum absolute atomic E-state index is 12.7. The Morgan fingerprint density at radius 1 is 1.26 bits per heavy atom. The molecule has 1 aromatic carbocycles. The molecule has 10 heteroatoms. The second-order valence-corrected chi connectivity index (χ2v) is 8.39. The number of carbonyl (C=O) groups is 2. The Morgan fingerprint density at radius 2 is 2.03 bits per heavy atom. The molecular weight excluding hydrogens is 439 g/mol. The van der Waals surface area contributed by atoms with Gasteiger partial charge < -0.3 is 26.3 Å². The number of hydrogen-bond donors (Lipinski definition) is 4. The molecular formula is C21H22Cl2N6O2. The van der Waals surface area contributed by atoms with Crippen LogP contribution in [0.4, 0.5) is 10.5 Å². The highest BCUT2D eigenvalue weighted by molar-refractivity contribution is 6.34. The molecule has 4 rings (SSSR count). The van der Waals surface area contributed by atoms with Crippen molar-refractivity contribution in [1.29, 1.82) is 0 Å². The minimum atomic E-state index is -0.552. The SMILES string of the molecule is NC(=O)c1cnc2[nH]ccc2c1N[C@H]1CCCN(C(=O)NCc2cc(Cl)cc(Cl)c2)C1. The Hall–Kier alpha value is -2.97. The van der Waals surface area contributed by atoms with Crippen molar-refractivity contribution in [3.8, 4) is 0 Å². The summed E-state index contributed by atoms with van der Waals surface area (Å²) in [6.45, 7) is 1.47. The molecule has 1 saturated heterocycles. The summed E-state index contributed by atoms with van der Waals surface area (Å²) in [5.41, 5.74) is 8.01. The largest absolute Gasteiger partial charge is 0.379 e. The third kappa shape index (κ3) is 4.86. The van der Waals surface area contributed by atoms with E-state index in [1.54, 1.807) is 29.3 Å². The van der Waals surface area contributed by atoms with Crippen LogP contribution in [-0.2, 0) is 6.54 Å². The first-order valence-corrected chi connectivity index (χ1v) is 10.7. The van der Waals surface area contributed by atoms with E-state index >= 15 is 0 Å². The molecule has 0 radical (unpaired) electrons. The molecule has 3 heterocycles. The molecule has 8 nitrogen and oxygen atoms in total. The smallest absolute Gasteiger partial charge is 0.317 e. The number of H-pyrrole nitrogens is 1. The third-order valence-electron chi connectivity index (χ3n) is 5.28. The zero-order valence-corrected chi connectivity index (χ0v) is 18.1. The number of hydrogen-bond acceptors (Lipinski definition) is 4. The zero-order valence-electron chi connectivity index (χ0n) is 16.6. The first-order valence-electron chi connectivity index (χ1n) is 9.91. The summed E-state index contributed by atoms with van der Waals surface area (Å²) in [5.74, 6) is -0.552. The molecule has 0 saturated carbocycles. The van der Waals surface area contributed by atoms with Crippen molar-refractivity contribution in [1.82, 2.24) is 20.2 Å². The average Bonchev–Trinajstić information content (AvgIpc) is 3.21. The summed E-state index contributed by atoms with van der Waals surface area (Å²) >= 11 is 12.0. The second-order valence-electron chi connectivity index (χ2n) is 7.52. The molecule has 1 aliphatic heterocycles. The topological polar surface area (TPSA) is 116 Å². The molecule has 0 unspecified atom stereocenters. The van der Waals surface area contributed by atoms with Crippen molar-refractivity contribution < 1.29 is 9.59 Å². The van der Waals surface area contributed by atoms with Gasteiger partial charge in [-0.15, -0.1) is 0 Å². The van der Waals surface area contributed by atoms with Crippen LogP contribution in [0.25, 0.3) is 11.0 Å². The number of rotatable bonds is 5. The van der Waals surface area contributed by atoms with E-state index in [0.717, 1.165) is 23.8 Å². The second kappa shape index (κ2) is 9.03. The van der Waals surface area contributed by atoms with Gasteiger partial charge in [0.15, 0.2) is 0 Å². The lowest BCUT2D eigenvalue weighted by atomic mass is 10.0. The minimum Gasteiger partial charge on any atom is -0.379 e. The van der Waals surface area contributed by atoms with Crippen molar-refractivity contribution in [3.05, 3.63) is 57.8 Å². The molecule has 3 aromatic rings. The van der Waals surface area contributed by atoms with E-state index in [1.807, 2.05) is 6.07 Å². The number of aromatic amines is 1. The van der Waals surface area contributed by atoms with E-state index < -0.39 is 5.91 Å². The van der Waals surface area contributed by atoms with Crippen molar-refractivity contribution in [3.63, 3.8) is 0 Å². The fraction of sp³-hybridized carbons (Fsp3) is 0.286. The predicted octanol–water partition coefficient (Wildman–Crippen LogP) is 3.75. The van der Waals surface area contributed by atoms with Crippen LogP contribution >= 0.6 is 23.2 Å². The molecule has 0 bridgehead atoms. The minimum absolute atomic E-state index is 0.0290. The number of halogens is 2. The first kappa shape index (κ1) is 21.3. The summed E-state index contributed by atoms with van der Waals surface area (Å²) in [6.07, 6.45) is 4.92. The van der Waals surface area contributed by atoms with Crippen molar-refractivity contribution in [2.24, 2.45) is 5.73 Å². The molecule has 0 spiro atoms. The van der Waals surface area contributed by atoms with Crippen LogP contribution in [0.1, 0.15) is 28.8 Å². The highest BCUT2D eigenvalue weighted by Gasteiger charge is 2.25. The Bertz CT molecular complexity index is 1110. The van der Waals surface area contributed by atoms with Gasteiger partial charge >= 0.3 is 6.03 Å². The van der Waals surface area contributed by atoms with Gasteiger partial charge in [-0.2, -0.15) is 0 Å². The lowest BCUT2D eigenvalue weighted by Crippen LogP contribution is -2.49. The summed E-state index contributed by atoms with van der Waals surface area (Å²) in [4.78, 5) is 33.7. The molecule has 5 N–H and O–H groups in total. The molecule has 1 fully saturated rings. The average molecular weight is 461 g/mol. The summed E-state index contributed by atoms with van der Waals surface area (Å²) in [7, 11) is 0. The maximum Gasteiger partial charge on any atom is 0.317 e. The van der Waals surface area contributed by atoms with Crippen LogP contribution in [-0.4, -0.2) is 45.9 Å². The zero-order chi connectivity index (χ0) is 22.0. The van der Waals surface area contributed by atoms with E-state index in [0.29, 0.717) is 46.6 Å². The molecule has 31 heavy (non-hydrogen) atoms. The number of nitrogens with two attached hydrogens (primary N) is 1. The van der Waals surface area contributed by atoms with Crippen LogP contribution in [0.3, 0.4) is 0 Å². The first-order chi connectivity index (χ1) is 14.9. The number of nitrogens with one attached hydrogen (secondary N) is 3. The van der Waals surface area contributed by atoms with Crippen LogP contribution in [0.5, 0.6) is 0 Å². The van der Waals surface area contributed by atoms with Crippen molar-refractivity contribution >= 4 is 51.9 Å². The maximum atomic E-state index is 12.7. The van der Waals surface area contributed by atoms with Gasteiger partial charge in [-0.05, 0) is 42.7 Å². The number of primary amides is 1. The van der Waals surface area contributed by atoms with Gasteiger partial charge in [-0.1, -0.05) is 23.2 Å². The number of nitrogens with zero attached hydrogens (tertiary/aromatic N) is 2. The number of urea groups is 1. The van der Waals surface area contributed by atoms with Crippen LogP contribution in [0.15, 0.2) is 36.7 Å². The number of pyridine rings is 1. The molecule has 3 amide bonds. The molecule has 0 aliphatic carbocycles. The standard InChI is InChI=1S/C21H22Cl2N6O2/c22-13-6-12(7-14(23)8-13)9-27-21(31)29-5-1-2-15(11-29)28-18-16-3-4-25-20(16)26-10-17(18)19(24)30/h3-4,6-8,10,15H,1-2,5,9,11H2,(H2,24,30)(H,27,31)(H2,25,26,28)/t15-/m0/s1.